The number of hydrogen-bond donors (Lipinski definition) is 1. The first kappa shape index (κ1) is 12.1. The summed E-state index contributed by atoms with van der Waals surface area (Å²) in [6.45, 7) is 0. The summed E-state index contributed by atoms with van der Waals surface area (Å²) in [5.41, 5.74) is 5.69. The zero-order valence-corrected chi connectivity index (χ0v) is 8.61. The zero-order valence-electron chi connectivity index (χ0n) is 8.61. The number of hydrogen-bond acceptors (Lipinski definition) is 5. The highest BCUT2D eigenvalue weighted by atomic mass is 19.1. The SMILES string of the molecule is COC(=O)C[C@@H](N)c1cnc(C#N)c(F)c1. The molecule has 0 aliphatic rings. The Balaban J connectivity index is 2.85. The zero-order chi connectivity index (χ0) is 12.1. The quantitative estimate of drug-likeness (QED) is 0.760. The Morgan fingerprint density at radius 2 is 2.50 bits per heavy atom. The summed E-state index contributed by atoms with van der Waals surface area (Å²) in [5.74, 6) is -1.24. The predicted octanol–water partition coefficient (Wildman–Crippen LogP) is 0.655. The minimum Gasteiger partial charge on any atom is -0.469 e. The van der Waals surface area contributed by atoms with E-state index in [2.05, 4.69) is 9.72 Å². The molecule has 0 bridgehead atoms. The molecule has 6 heteroatoms. The molecule has 1 rings (SSSR count). The van der Waals surface area contributed by atoms with Gasteiger partial charge in [-0.15, -0.1) is 0 Å². The Labute approximate surface area is 91.6 Å². The first-order valence-corrected chi connectivity index (χ1v) is 4.46. The van der Waals surface area contributed by atoms with Crippen LogP contribution in [0.25, 0.3) is 0 Å². The number of rotatable bonds is 3. The molecule has 1 heterocycles. The van der Waals surface area contributed by atoms with E-state index in [1.807, 2.05) is 0 Å². The summed E-state index contributed by atoms with van der Waals surface area (Å²) in [6.07, 6.45) is 1.21. The van der Waals surface area contributed by atoms with Crippen LogP contribution in [-0.4, -0.2) is 18.1 Å². The van der Waals surface area contributed by atoms with Gasteiger partial charge in [-0.05, 0) is 11.6 Å². The minimum absolute atomic E-state index is 0.0660. The van der Waals surface area contributed by atoms with Crippen LogP contribution in [0, 0.1) is 17.1 Å². The number of carbonyl (C=O) groups excluding carboxylic acids is 1. The molecule has 0 fully saturated rings. The summed E-state index contributed by atoms with van der Waals surface area (Å²) in [6, 6.07) is 2.00. The molecule has 0 saturated heterocycles. The average Bonchev–Trinajstić information content (AvgIpc) is 2.28. The lowest BCUT2D eigenvalue weighted by Crippen LogP contribution is -2.17. The number of nitriles is 1. The molecule has 0 aromatic carbocycles. The summed E-state index contributed by atoms with van der Waals surface area (Å²) in [5, 5.41) is 8.47. The lowest BCUT2D eigenvalue weighted by Gasteiger charge is -2.10. The van der Waals surface area contributed by atoms with E-state index in [4.69, 9.17) is 11.0 Å². The largest absolute Gasteiger partial charge is 0.469 e. The topological polar surface area (TPSA) is 89.0 Å². The second-order valence-corrected chi connectivity index (χ2v) is 3.10. The Morgan fingerprint density at radius 1 is 1.81 bits per heavy atom. The van der Waals surface area contributed by atoms with Gasteiger partial charge < -0.3 is 10.5 Å². The van der Waals surface area contributed by atoms with Crippen molar-refractivity contribution < 1.29 is 13.9 Å². The van der Waals surface area contributed by atoms with Gasteiger partial charge in [-0.1, -0.05) is 0 Å². The first-order valence-electron chi connectivity index (χ1n) is 4.46. The summed E-state index contributed by atoms with van der Waals surface area (Å²) >= 11 is 0. The fourth-order valence-corrected chi connectivity index (χ4v) is 1.12. The van der Waals surface area contributed by atoms with E-state index in [0.29, 0.717) is 5.56 Å². The number of carbonyl (C=O) groups is 1. The third kappa shape index (κ3) is 2.74. The molecule has 0 saturated carbocycles. The van der Waals surface area contributed by atoms with Crippen LogP contribution in [0.3, 0.4) is 0 Å². The van der Waals surface area contributed by atoms with Gasteiger partial charge in [0.1, 0.15) is 6.07 Å². The van der Waals surface area contributed by atoms with E-state index < -0.39 is 17.8 Å². The van der Waals surface area contributed by atoms with Gasteiger partial charge in [0.05, 0.1) is 13.5 Å². The van der Waals surface area contributed by atoms with Gasteiger partial charge in [-0.3, -0.25) is 4.79 Å². The van der Waals surface area contributed by atoms with Gasteiger partial charge in [-0.2, -0.15) is 5.26 Å². The third-order valence-corrected chi connectivity index (χ3v) is 2.01. The van der Waals surface area contributed by atoms with Crippen LogP contribution >= 0.6 is 0 Å². The molecule has 2 N–H and O–H groups in total. The smallest absolute Gasteiger partial charge is 0.307 e. The highest BCUT2D eigenvalue weighted by molar-refractivity contribution is 5.70. The van der Waals surface area contributed by atoms with Crippen LogP contribution in [0.2, 0.25) is 0 Å². The molecule has 84 valence electrons. The van der Waals surface area contributed by atoms with Crippen LogP contribution in [0.5, 0.6) is 0 Å². The maximum absolute atomic E-state index is 13.2. The molecule has 0 amide bonds. The highest BCUT2D eigenvalue weighted by Gasteiger charge is 2.14. The number of methoxy groups -OCH3 is 1. The molecule has 1 atom stereocenters. The maximum Gasteiger partial charge on any atom is 0.307 e. The molecule has 1 aromatic heterocycles. The van der Waals surface area contributed by atoms with Crippen molar-refractivity contribution in [1.29, 1.82) is 5.26 Å². The van der Waals surface area contributed by atoms with Crippen molar-refractivity contribution in [3.8, 4) is 6.07 Å². The van der Waals surface area contributed by atoms with Crippen LogP contribution in [-0.2, 0) is 9.53 Å². The Morgan fingerprint density at radius 3 is 3.00 bits per heavy atom. The molecular formula is C10H10FN3O2. The Hall–Kier alpha value is -2.00. The van der Waals surface area contributed by atoms with E-state index >= 15 is 0 Å². The normalized spacial score (nSPS) is 11.6. The van der Waals surface area contributed by atoms with Gasteiger partial charge in [0.25, 0.3) is 0 Å². The number of pyridine rings is 1. The van der Waals surface area contributed by atoms with Crippen molar-refractivity contribution in [2.45, 2.75) is 12.5 Å². The third-order valence-electron chi connectivity index (χ3n) is 2.01. The van der Waals surface area contributed by atoms with Gasteiger partial charge in [0, 0.05) is 12.2 Å². The van der Waals surface area contributed by atoms with Gasteiger partial charge in [-0.25, -0.2) is 9.37 Å². The predicted molar refractivity (Wildman–Crippen MR) is 52.5 cm³/mol. The first-order chi connectivity index (χ1) is 7.58. The number of halogens is 1. The number of nitrogens with zero attached hydrogens (tertiary/aromatic N) is 2. The molecule has 16 heavy (non-hydrogen) atoms. The lowest BCUT2D eigenvalue weighted by molar-refractivity contribution is -0.141. The van der Waals surface area contributed by atoms with Gasteiger partial charge in [0.15, 0.2) is 11.5 Å². The second kappa shape index (κ2) is 5.19. The summed E-state index contributed by atoms with van der Waals surface area (Å²) < 4.78 is 17.6. The van der Waals surface area contributed by atoms with Crippen molar-refractivity contribution in [3.05, 3.63) is 29.3 Å². The summed E-state index contributed by atoms with van der Waals surface area (Å²) in [7, 11) is 1.24. The molecule has 1 aromatic rings. The number of esters is 1. The molecule has 0 aliphatic carbocycles. The number of nitrogens with two attached hydrogens (primary N) is 1. The monoisotopic (exact) mass is 223 g/mol. The Kier molecular flexibility index (Phi) is 3.91. The lowest BCUT2D eigenvalue weighted by atomic mass is 10.1. The van der Waals surface area contributed by atoms with Gasteiger partial charge in [0.2, 0.25) is 0 Å². The average molecular weight is 223 g/mol. The number of ether oxygens (including phenoxy) is 1. The molecule has 0 unspecified atom stereocenters. The van der Waals surface area contributed by atoms with Crippen LogP contribution in [0.4, 0.5) is 4.39 Å². The Bertz CT molecular complexity index is 442. The standard InChI is InChI=1S/C10H10FN3O2/c1-16-10(15)3-8(13)6-2-7(11)9(4-12)14-5-6/h2,5,8H,3,13H2,1H3/t8-/m1/s1. The van der Waals surface area contributed by atoms with E-state index in [-0.39, 0.29) is 12.1 Å². The van der Waals surface area contributed by atoms with Crippen molar-refractivity contribution in [1.82, 2.24) is 4.98 Å². The van der Waals surface area contributed by atoms with Crippen molar-refractivity contribution >= 4 is 5.97 Å². The fraction of sp³-hybridized carbons (Fsp3) is 0.300. The number of aromatic nitrogens is 1. The van der Waals surface area contributed by atoms with Crippen molar-refractivity contribution in [2.24, 2.45) is 5.73 Å². The molecule has 0 radical (unpaired) electrons. The van der Waals surface area contributed by atoms with Crippen molar-refractivity contribution in [2.75, 3.05) is 7.11 Å². The molecule has 0 aliphatic heterocycles. The second-order valence-electron chi connectivity index (χ2n) is 3.10. The molecule has 0 spiro atoms. The molecule has 5 nitrogen and oxygen atoms in total. The van der Waals surface area contributed by atoms with Gasteiger partial charge >= 0.3 is 5.97 Å². The minimum atomic E-state index is -0.750. The van der Waals surface area contributed by atoms with E-state index in [1.165, 1.54) is 13.3 Å². The fourth-order valence-electron chi connectivity index (χ4n) is 1.12. The van der Waals surface area contributed by atoms with Crippen molar-refractivity contribution in [3.63, 3.8) is 0 Å². The maximum atomic E-state index is 13.2. The highest BCUT2D eigenvalue weighted by Crippen LogP contribution is 2.15. The molecular weight excluding hydrogens is 213 g/mol. The van der Waals surface area contributed by atoms with E-state index in [0.717, 1.165) is 6.07 Å². The van der Waals surface area contributed by atoms with Crippen LogP contribution in [0.1, 0.15) is 23.7 Å². The summed E-state index contributed by atoms with van der Waals surface area (Å²) in [4.78, 5) is 14.5. The van der Waals surface area contributed by atoms with Crippen LogP contribution in [0.15, 0.2) is 12.3 Å². The van der Waals surface area contributed by atoms with Crippen LogP contribution < -0.4 is 5.73 Å². The van der Waals surface area contributed by atoms with E-state index in [9.17, 15) is 9.18 Å². The van der Waals surface area contributed by atoms with E-state index in [1.54, 1.807) is 6.07 Å².